The summed E-state index contributed by atoms with van der Waals surface area (Å²) in [6.07, 6.45) is 0. The van der Waals surface area contributed by atoms with E-state index in [1.54, 1.807) is 11.3 Å². The van der Waals surface area contributed by atoms with E-state index in [0.717, 1.165) is 10.3 Å². The lowest BCUT2D eigenvalue weighted by atomic mass is 10.1. The van der Waals surface area contributed by atoms with Crippen molar-refractivity contribution in [3.63, 3.8) is 0 Å². The van der Waals surface area contributed by atoms with E-state index in [-0.39, 0.29) is 11.9 Å². The van der Waals surface area contributed by atoms with E-state index in [1.807, 2.05) is 13.0 Å². The third kappa shape index (κ3) is 5.66. The number of carbonyl (C=O) groups is 1. The molecule has 0 aliphatic carbocycles. The first-order chi connectivity index (χ1) is 7.99. The van der Waals surface area contributed by atoms with Gasteiger partial charge in [0.25, 0.3) is 0 Å². The Balaban J connectivity index is 2.20. The summed E-state index contributed by atoms with van der Waals surface area (Å²) in [4.78, 5) is 12.8. The third-order valence-corrected chi connectivity index (χ3v) is 4.23. The molecule has 0 aliphatic rings. The van der Waals surface area contributed by atoms with Crippen LogP contribution in [0.2, 0.25) is 0 Å². The highest BCUT2D eigenvalue weighted by molar-refractivity contribution is 9.11. The zero-order valence-corrected chi connectivity index (χ0v) is 12.8. The highest BCUT2D eigenvalue weighted by atomic mass is 79.9. The Bertz CT molecular complexity index is 365. The van der Waals surface area contributed by atoms with E-state index in [9.17, 15) is 4.79 Å². The quantitative estimate of drug-likeness (QED) is 0.846. The molecular weight excluding hydrogens is 300 g/mol. The van der Waals surface area contributed by atoms with Gasteiger partial charge in [0.05, 0.1) is 10.3 Å². The molecular formula is C12H19BrN2OS. The van der Waals surface area contributed by atoms with Gasteiger partial charge in [0.2, 0.25) is 5.91 Å². The number of halogens is 1. The number of thiophene rings is 1. The van der Waals surface area contributed by atoms with Gasteiger partial charge in [-0.25, -0.2) is 0 Å². The molecule has 5 heteroatoms. The lowest BCUT2D eigenvalue weighted by molar-refractivity contribution is -0.121. The van der Waals surface area contributed by atoms with Crippen molar-refractivity contribution >= 4 is 33.2 Å². The van der Waals surface area contributed by atoms with Gasteiger partial charge in [-0.1, -0.05) is 13.8 Å². The fourth-order valence-electron chi connectivity index (χ4n) is 1.22. The second-order valence-corrected chi connectivity index (χ2v) is 6.96. The van der Waals surface area contributed by atoms with Crippen LogP contribution in [0.3, 0.4) is 0 Å². The van der Waals surface area contributed by atoms with Crippen LogP contribution >= 0.6 is 27.3 Å². The number of hydrogen-bond acceptors (Lipinski definition) is 3. The minimum absolute atomic E-state index is 0.0572. The molecule has 0 radical (unpaired) electrons. The summed E-state index contributed by atoms with van der Waals surface area (Å²) in [5.41, 5.74) is 0. The summed E-state index contributed by atoms with van der Waals surface area (Å²) in [6, 6.07) is 4.29. The Hall–Kier alpha value is -0.390. The number of amides is 1. The first-order valence-corrected chi connectivity index (χ1v) is 7.34. The Morgan fingerprint density at radius 2 is 2.12 bits per heavy atom. The molecule has 1 unspecified atom stereocenters. The minimum atomic E-state index is 0.0572. The first-order valence-electron chi connectivity index (χ1n) is 5.73. The molecule has 1 aromatic heterocycles. The van der Waals surface area contributed by atoms with Gasteiger partial charge >= 0.3 is 0 Å². The van der Waals surface area contributed by atoms with E-state index in [1.165, 1.54) is 4.88 Å². The van der Waals surface area contributed by atoms with Gasteiger partial charge in [0.15, 0.2) is 0 Å². The van der Waals surface area contributed by atoms with Gasteiger partial charge in [-0.3, -0.25) is 4.79 Å². The minimum Gasteiger partial charge on any atom is -0.352 e. The van der Waals surface area contributed by atoms with E-state index in [2.05, 4.69) is 46.5 Å². The molecule has 3 nitrogen and oxygen atoms in total. The standard InChI is InChI=1S/C12H19BrN2OS/c1-8(2)9(3)15-12(16)7-14-6-10-4-5-11(13)17-10/h4-5,8-9,14H,6-7H2,1-3H3,(H,15,16). The average molecular weight is 319 g/mol. The molecule has 0 bridgehead atoms. The normalized spacial score (nSPS) is 12.8. The molecule has 0 fully saturated rings. The summed E-state index contributed by atoms with van der Waals surface area (Å²) in [7, 11) is 0. The molecule has 1 amide bonds. The molecule has 2 N–H and O–H groups in total. The molecule has 96 valence electrons. The topological polar surface area (TPSA) is 41.1 Å². The molecule has 0 saturated carbocycles. The van der Waals surface area contributed by atoms with Crippen LogP contribution in [-0.4, -0.2) is 18.5 Å². The maximum Gasteiger partial charge on any atom is 0.234 e. The first kappa shape index (κ1) is 14.7. The molecule has 1 aromatic rings. The van der Waals surface area contributed by atoms with E-state index in [4.69, 9.17) is 0 Å². The summed E-state index contributed by atoms with van der Waals surface area (Å²) < 4.78 is 1.12. The molecule has 1 heterocycles. The Kier molecular flexibility index (Phi) is 6.16. The van der Waals surface area contributed by atoms with Crippen molar-refractivity contribution in [1.82, 2.24) is 10.6 Å². The number of carbonyl (C=O) groups excluding carboxylic acids is 1. The van der Waals surface area contributed by atoms with Crippen LogP contribution in [0, 0.1) is 5.92 Å². The SMILES string of the molecule is CC(C)C(C)NC(=O)CNCc1ccc(Br)s1. The highest BCUT2D eigenvalue weighted by Gasteiger charge is 2.10. The van der Waals surface area contributed by atoms with Crippen molar-refractivity contribution in [2.75, 3.05) is 6.54 Å². The summed E-state index contributed by atoms with van der Waals surface area (Å²) in [6.45, 7) is 7.33. The maximum atomic E-state index is 11.6. The van der Waals surface area contributed by atoms with Crippen molar-refractivity contribution in [1.29, 1.82) is 0 Å². The van der Waals surface area contributed by atoms with Gasteiger partial charge in [0.1, 0.15) is 0 Å². The van der Waals surface area contributed by atoms with Crippen LogP contribution in [0.4, 0.5) is 0 Å². The van der Waals surface area contributed by atoms with Crippen LogP contribution in [0.1, 0.15) is 25.6 Å². The second kappa shape index (κ2) is 7.13. The van der Waals surface area contributed by atoms with Crippen molar-refractivity contribution in [3.05, 3.63) is 20.8 Å². The molecule has 17 heavy (non-hydrogen) atoms. The van der Waals surface area contributed by atoms with Crippen molar-refractivity contribution in [2.45, 2.75) is 33.4 Å². The zero-order valence-electron chi connectivity index (χ0n) is 10.4. The molecule has 0 aliphatic heterocycles. The number of hydrogen-bond donors (Lipinski definition) is 2. The van der Waals surface area contributed by atoms with Gasteiger partial charge in [-0.2, -0.15) is 0 Å². The summed E-state index contributed by atoms with van der Waals surface area (Å²) in [5.74, 6) is 0.522. The molecule has 0 aromatic carbocycles. The zero-order chi connectivity index (χ0) is 12.8. The number of rotatable bonds is 6. The average Bonchev–Trinajstić information content (AvgIpc) is 2.64. The predicted molar refractivity (Wildman–Crippen MR) is 76.2 cm³/mol. The maximum absolute atomic E-state index is 11.6. The van der Waals surface area contributed by atoms with E-state index >= 15 is 0 Å². The van der Waals surface area contributed by atoms with Crippen LogP contribution in [0.5, 0.6) is 0 Å². The lowest BCUT2D eigenvalue weighted by Gasteiger charge is -2.17. The van der Waals surface area contributed by atoms with Crippen LogP contribution in [0.15, 0.2) is 15.9 Å². The fourth-order valence-corrected chi connectivity index (χ4v) is 2.67. The van der Waals surface area contributed by atoms with Crippen molar-refractivity contribution in [3.8, 4) is 0 Å². The van der Waals surface area contributed by atoms with Crippen LogP contribution in [0.25, 0.3) is 0 Å². The Morgan fingerprint density at radius 3 is 2.65 bits per heavy atom. The van der Waals surface area contributed by atoms with Gasteiger partial charge < -0.3 is 10.6 Å². The van der Waals surface area contributed by atoms with Crippen molar-refractivity contribution in [2.24, 2.45) is 5.92 Å². The highest BCUT2D eigenvalue weighted by Crippen LogP contribution is 2.21. The largest absolute Gasteiger partial charge is 0.352 e. The van der Waals surface area contributed by atoms with E-state index < -0.39 is 0 Å². The van der Waals surface area contributed by atoms with E-state index in [0.29, 0.717) is 12.5 Å². The third-order valence-electron chi connectivity index (χ3n) is 2.60. The number of nitrogens with one attached hydrogen (secondary N) is 2. The molecule has 1 atom stereocenters. The summed E-state index contributed by atoms with van der Waals surface area (Å²) >= 11 is 5.09. The monoisotopic (exact) mass is 318 g/mol. The van der Waals surface area contributed by atoms with Gasteiger partial charge in [-0.15, -0.1) is 11.3 Å². The van der Waals surface area contributed by atoms with Crippen LogP contribution < -0.4 is 10.6 Å². The Labute approximate surface area is 115 Å². The smallest absolute Gasteiger partial charge is 0.234 e. The second-order valence-electron chi connectivity index (χ2n) is 4.41. The Morgan fingerprint density at radius 1 is 1.41 bits per heavy atom. The van der Waals surface area contributed by atoms with Crippen LogP contribution in [-0.2, 0) is 11.3 Å². The molecule has 1 rings (SSSR count). The molecule has 0 saturated heterocycles. The molecule has 0 spiro atoms. The lowest BCUT2D eigenvalue weighted by Crippen LogP contribution is -2.41. The fraction of sp³-hybridized carbons (Fsp3) is 0.583. The van der Waals surface area contributed by atoms with Gasteiger partial charge in [-0.05, 0) is 40.9 Å². The van der Waals surface area contributed by atoms with Crippen molar-refractivity contribution < 1.29 is 4.79 Å². The van der Waals surface area contributed by atoms with Gasteiger partial charge in [0, 0.05) is 17.5 Å². The predicted octanol–water partition coefficient (Wildman–Crippen LogP) is 2.76. The summed E-state index contributed by atoms with van der Waals surface area (Å²) in [5, 5.41) is 6.10.